The molecule has 3 heterocycles. The molecule has 6 nitrogen and oxygen atoms in total. The smallest absolute Gasteiger partial charge is 0.253 e. The first kappa shape index (κ1) is 20.8. The van der Waals surface area contributed by atoms with Crippen molar-refractivity contribution in [2.75, 3.05) is 51.3 Å². The number of aromatic nitrogens is 1. The minimum absolute atomic E-state index is 0. The zero-order chi connectivity index (χ0) is 16.4. The Kier molecular flexibility index (Phi) is 7.58. The number of anilines is 1. The molecule has 2 aliphatic heterocycles. The summed E-state index contributed by atoms with van der Waals surface area (Å²) in [4.78, 5) is 17.5. The number of aromatic amines is 1. The van der Waals surface area contributed by atoms with E-state index >= 15 is 0 Å². The Morgan fingerprint density at radius 2 is 2.00 bits per heavy atom. The van der Waals surface area contributed by atoms with Crippen molar-refractivity contribution in [1.82, 2.24) is 9.88 Å². The van der Waals surface area contributed by atoms with E-state index in [0.717, 1.165) is 80.1 Å². The van der Waals surface area contributed by atoms with Gasteiger partial charge in [-0.25, -0.2) is 0 Å². The molecule has 1 aromatic carbocycles. The van der Waals surface area contributed by atoms with Gasteiger partial charge in [0.1, 0.15) is 12.4 Å². The molecule has 1 saturated heterocycles. The highest BCUT2D eigenvalue weighted by atomic mass is 35.5. The van der Waals surface area contributed by atoms with Crippen LogP contribution in [0.15, 0.2) is 23.0 Å². The van der Waals surface area contributed by atoms with Crippen LogP contribution in [0.2, 0.25) is 0 Å². The van der Waals surface area contributed by atoms with Crippen molar-refractivity contribution in [2.45, 2.75) is 12.8 Å². The lowest BCUT2D eigenvalue weighted by atomic mass is 10.0. The van der Waals surface area contributed by atoms with E-state index in [0.29, 0.717) is 6.61 Å². The summed E-state index contributed by atoms with van der Waals surface area (Å²) >= 11 is 0. The Balaban J connectivity index is 0.00000121. The van der Waals surface area contributed by atoms with Crippen LogP contribution < -0.4 is 15.6 Å². The van der Waals surface area contributed by atoms with Gasteiger partial charge in [-0.3, -0.25) is 9.69 Å². The summed E-state index contributed by atoms with van der Waals surface area (Å²) in [7, 11) is 0. The normalized spacial score (nSPS) is 16.8. The molecule has 144 valence electrons. The monoisotopic (exact) mass is 401 g/mol. The lowest BCUT2D eigenvalue weighted by Gasteiger charge is -2.26. The largest absolute Gasteiger partial charge is 0.492 e. The number of morpholine rings is 1. The standard InChI is InChI=1S/C18H23N3O3.2ClH/c22-18-14-2-1-5-19-17(14)15-12-13(3-4-16(15)20-18)24-11-8-21-6-9-23-10-7-21;;/h3-4,12,19H,1-2,5-11H2,(H,20,22);2*1H. The second-order valence-electron chi connectivity index (χ2n) is 6.35. The number of halogens is 2. The van der Waals surface area contributed by atoms with Crippen LogP contribution in [0, 0.1) is 0 Å². The number of nitrogens with one attached hydrogen (secondary N) is 2. The lowest BCUT2D eigenvalue weighted by Crippen LogP contribution is -2.38. The second-order valence-corrected chi connectivity index (χ2v) is 6.35. The molecule has 1 aromatic heterocycles. The van der Waals surface area contributed by atoms with Crippen molar-refractivity contribution < 1.29 is 9.47 Å². The summed E-state index contributed by atoms with van der Waals surface area (Å²) in [6, 6.07) is 5.88. The maximum Gasteiger partial charge on any atom is 0.253 e. The molecule has 0 radical (unpaired) electrons. The van der Waals surface area contributed by atoms with E-state index in [4.69, 9.17) is 9.47 Å². The Morgan fingerprint density at radius 3 is 2.81 bits per heavy atom. The summed E-state index contributed by atoms with van der Waals surface area (Å²) in [6.07, 6.45) is 1.83. The van der Waals surface area contributed by atoms with E-state index in [1.54, 1.807) is 0 Å². The minimum Gasteiger partial charge on any atom is -0.492 e. The number of H-pyrrole nitrogens is 1. The van der Waals surface area contributed by atoms with Gasteiger partial charge in [-0.2, -0.15) is 0 Å². The summed E-state index contributed by atoms with van der Waals surface area (Å²) in [5.41, 5.74) is 2.71. The summed E-state index contributed by atoms with van der Waals surface area (Å²) in [6.45, 7) is 6.03. The third-order valence-corrected chi connectivity index (χ3v) is 4.77. The molecule has 4 rings (SSSR count). The zero-order valence-corrected chi connectivity index (χ0v) is 16.2. The lowest BCUT2D eigenvalue weighted by molar-refractivity contribution is 0.0322. The van der Waals surface area contributed by atoms with Crippen molar-refractivity contribution in [3.63, 3.8) is 0 Å². The highest BCUT2D eigenvalue weighted by Gasteiger charge is 2.16. The predicted molar refractivity (Wildman–Crippen MR) is 109 cm³/mol. The molecule has 0 spiro atoms. The number of nitrogens with zero attached hydrogens (tertiary/aromatic N) is 1. The summed E-state index contributed by atoms with van der Waals surface area (Å²) in [5.74, 6) is 0.845. The molecule has 1 fully saturated rings. The van der Waals surface area contributed by atoms with Gasteiger partial charge >= 0.3 is 0 Å². The molecular weight excluding hydrogens is 377 g/mol. The Labute approximate surface area is 165 Å². The molecule has 0 bridgehead atoms. The molecule has 26 heavy (non-hydrogen) atoms. The Bertz CT molecular complexity index is 791. The van der Waals surface area contributed by atoms with Crippen molar-refractivity contribution >= 4 is 41.4 Å². The summed E-state index contributed by atoms with van der Waals surface area (Å²) < 4.78 is 11.3. The van der Waals surface area contributed by atoms with E-state index in [9.17, 15) is 4.79 Å². The number of benzene rings is 1. The topological polar surface area (TPSA) is 66.6 Å². The van der Waals surface area contributed by atoms with Crippen molar-refractivity contribution in [3.05, 3.63) is 34.1 Å². The molecule has 0 atom stereocenters. The van der Waals surface area contributed by atoms with Gasteiger partial charge in [-0.1, -0.05) is 0 Å². The average Bonchev–Trinajstić information content (AvgIpc) is 2.63. The molecule has 0 aliphatic carbocycles. The zero-order valence-electron chi connectivity index (χ0n) is 14.6. The number of hydrogen-bond donors (Lipinski definition) is 2. The molecule has 2 N–H and O–H groups in total. The second kappa shape index (κ2) is 9.46. The summed E-state index contributed by atoms with van der Waals surface area (Å²) in [5, 5.41) is 4.42. The fourth-order valence-corrected chi connectivity index (χ4v) is 3.44. The molecule has 2 aliphatic rings. The van der Waals surface area contributed by atoms with Crippen molar-refractivity contribution in [3.8, 4) is 5.75 Å². The fraction of sp³-hybridized carbons (Fsp3) is 0.500. The van der Waals surface area contributed by atoms with E-state index in [1.165, 1.54) is 0 Å². The molecule has 0 saturated carbocycles. The van der Waals surface area contributed by atoms with Gasteiger partial charge in [0.25, 0.3) is 5.56 Å². The number of fused-ring (bicyclic) bond motifs is 3. The molecule has 0 amide bonds. The fourth-order valence-electron chi connectivity index (χ4n) is 3.44. The van der Waals surface area contributed by atoms with Gasteiger partial charge in [-0.05, 0) is 31.0 Å². The first-order chi connectivity index (χ1) is 11.8. The molecular formula is C18H25Cl2N3O3. The maximum absolute atomic E-state index is 12.2. The number of rotatable bonds is 4. The van der Waals surface area contributed by atoms with Gasteiger partial charge in [-0.15, -0.1) is 24.8 Å². The van der Waals surface area contributed by atoms with Crippen molar-refractivity contribution in [1.29, 1.82) is 0 Å². The van der Waals surface area contributed by atoms with Gasteiger partial charge in [0.2, 0.25) is 0 Å². The van der Waals surface area contributed by atoms with Crippen LogP contribution in [0.3, 0.4) is 0 Å². The predicted octanol–water partition coefficient (Wildman–Crippen LogP) is 2.44. The van der Waals surface area contributed by atoms with Gasteiger partial charge in [0.05, 0.1) is 24.4 Å². The SMILES string of the molecule is Cl.Cl.O=c1[nH]c2ccc(OCCN3CCOCC3)cc2c2c1CCCN2. The van der Waals surface area contributed by atoms with Crippen LogP contribution in [0.25, 0.3) is 10.9 Å². The third-order valence-electron chi connectivity index (χ3n) is 4.77. The first-order valence-electron chi connectivity index (χ1n) is 8.67. The van der Waals surface area contributed by atoms with Crippen LogP contribution in [-0.2, 0) is 11.2 Å². The van der Waals surface area contributed by atoms with E-state index < -0.39 is 0 Å². The van der Waals surface area contributed by atoms with Crippen LogP contribution >= 0.6 is 24.8 Å². The van der Waals surface area contributed by atoms with Crippen molar-refractivity contribution in [2.24, 2.45) is 0 Å². The molecule has 8 heteroatoms. The number of pyridine rings is 1. The highest BCUT2D eigenvalue weighted by Crippen LogP contribution is 2.30. The Hall–Kier alpha value is -1.47. The number of ether oxygens (including phenoxy) is 2. The maximum atomic E-state index is 12.2. The van der Waals surface area contributed by atoms with Crippen LogP contribution in [0.1, 0.15) is 12.0 Å². The van der Waals surface area contributed by atoms with Gasteiger partial charge in [0, 0.05) is 37.1 Å². The van der Waals surface area contributed by atoms with E-state index in [2.05, 4.69) is 15.2 Å². The van der Waals surface area contributed by atoms with E-state index in [1.807, 2.05) is 18.2 Å². The minimum atomic E-state index is 0. The highest BCUT2D eigenvalue weighted by molar-refractivity contribution is 5.94. The first-order valence-corrected chi connectivity index (χ1v) is 8.67. The number of hydrogen-bond acceptors (Lipinski definition) is 5. The Morgan fingerprint density at radius 1 is 1.19 bits per heavy atom. The molecule has 0 unspecified atom stereocenters. The van der Waals surface area contributed by atoms with Gasteiger partial charge < -0.3 is 19.8 Å². The van der Waals surface area contributed by atoms with Crippen LogP contribution in [0.4, 0.5) is 5.69 Å². The average molecular weight is 402 g/mol. The van der Waals surface area contributed by atoms with Crippen LogP contribution in [0.5, 0.6) is 5.75 Å². The van der Waals surface area contributed by atoms with E-state index in [-0.39, 0.29) is 30.4 Å². The van der Waals surface area contributed by atoms with Crippen LogP contribution in [-0.4, -0.2) is 55.9 Å². The molecule has 2 aromatic rings. The third kappa shape index (κ3) is 4.43. The quantitative estimate of drug-likeness (QED) is 0.823. The van der Waals surface area contributed by atoms with Gasteiger partial charge in [0.15, 0.2) is 0 Å².